The van der Waals surface area contributed by atoms with E-state index in [2.05, 4.69) is 10.2 Å². The van der Waals surface area contributed by atoms with Crippen molar-refractivity contribution in [3.05, 3.63) is 34.3 Å². The van der Waals surface area contributed by atoms with Crippen molar-refractivity contribution in [2.24, 2.45) is 15.9 Å². The summed E-state index contributed by atoms with van der Waals surface area (Å²) in [6.07, 6.45) is 1.60. The summed E-state index contributed by atoms with van der Waals surface area (Å²) in [6, 6.07) is 5.92. The molecule has 3 nitrogen and oxygen atoms in total. The minimum Gasteiger partial charge on any atom is -0.386 e. The molecule has 4 heteroatoms. The first-order chi connectivity index (χ1) is 7.16. The monoisotopic (exact) mass is 221 g/mol. The van der Waals surface area contributed by atoms with Crippen LogP contribution in [0.2, 0.25) is 5.02 Å². The number of hydrogen-bond donors (Lipinski definition) is 1. The lowest BCUT2D eigenvalue weighted by Crippen LogP contribution is -2.17. The smallest absolute Gasteiger partial charge is 0.122 e. The molecule has 0 aromatic heterocycles. The maximum atomic E-state index is 6.05. The maximum Gasteiger partial charge on any atom is 0.122 e. The second-order valence-electron chi connectivity index (χ2n) is 3.60. The Bertz CT molecular complexity index is 449. The van der Waals surface area contributed by atoms with Crippen molar-refractivity contribution >= 4 is 23.1 Å². The average molecular weight is 222 g/mol. The summed E-state index contributed by atoms with van der Waals surface area (Å²) >= 11 is 6.05. The molecule has 0 saturated heterocycles. The molecule has 15 heavy (non-hydrogen) atoms. The first-order valence-electron chi connectivity index (χ1n) is 4.82. The van der Waals surface area contributed by atoms with Gasteiger partial charge in [0.25, 0.3) is 0 Å². The van der Waals surface area contributed by atoms with E-state index in [4.69, 9.17) is 17.3 Å². The number of nitrogens with two attached hydrogens (primary N) is 1. The molecule has 0 bridgehead atoms. The topological polar surface area (TPSA) is 50.7 Å². The van der Waals surface area contributed by atoms with Crippen molar-refractivity contribution < 1.29 is 0 Å². The van der Waals surface area contributed by atoms with Gasteiger partial charge in [0.2, 0.25) is 0 Å². The van der Waals surface area contributed by atoms with Crippen LogP contribution in [-0.2, 0) is 0 Å². The lowest BCUT2D eigenvalue weighted by molar-refractivity contribution is 1.02. The molecule has 0 atom stereocenters. The fraction of sp³-hybridized carbons (Fsp3) is 0.273. The third-order valence-electron chi connectivity index (χ3n) is 2.42. The van der Waals surface area contributed by atoms with Crippen LogP contribution in [0, 0.1) is 6.92 Å². The van der Waals surface area contributed by atoms with Gasteiger partial charge in [0.05, 0.1) is 5.71 Å². The van der Waals surface area contributed by atoms with Crippen molar-refractivity contribution in [3.8, 4) is 0 Å². The predicted molar refractivity (Wildman–Crippen MR) is 63.6 cm³/mol. The molecule has 0 spiro atoms. The summed E-state index contributed by atoms with van der Waals surface area (Å²) in [5.41, 5.74) is 8.59. The molecule has 1 heterocycles. The Balaban J connectivity index is 2.35. The van der Waals surface area contributed by atoms with Crippen LogP contribution in [0.4, 0.5) is 0 Å². The summed E-state index contributed by atoms with van der Waals surface area (Å²) in [7, 11) is 0. The van der Waals surface area contributed by atoms with Crippen molar-refractivity contribution in [1.82, 2.24) is 0 Å². The van der Waals surface area contributed by atoms with Gasteiger partial charge in [0, 0.05) is 11.4 Å². The second kappa shape index (κ2) is 4.03. The number of benzene rings is 1. The number of rotatable bonds is 1. The van der Waals surface area contributed by atoms with Gasteiger partial charge in [-0.25, -0.2) is 0 Å². The third kappa shape index (κ3) is 2.18. The van der Waals surface area contributed by atoms with Crippen LogP contribution in [-0.4, -0.2) is 11.5 Å². The summed E-state index contributed by atoms with van der Waals surface area (Å²) < 4.78 is 0. The molecular weight excluding hydrogens is 210 g/mol. The Labute approximate surface area is 93.7 Å². The molecule has 2 N–H and O–H groups in total. The van der Waals surface area contributed by atoms with E-state index in [9.17, 15) is 0 Å². The highest BCUT2D eigenvalue weighted by atomic mass is 35.5. The SMILES string of the molecule is Cc1ccc(C2=NN=C(N)CC2)cc1Cl. The summed E-state index contributed by atoms with van der Waals surface area (Å²) in [4.78, 5) is 0. The normalized spacial score (nSPS) is 15.9. The molecule has 2 rings (SSSR count). The van der Waals surface area contributed by atoms with E-state index >= 15 is 0 Å². The van der Waals surface area contributed by atoms with Crippen LogP contribution in [0.3, 0.4) is 0 Å². The molecule has 0 saturated carbocycles. The minimum atomic E-state index is 0.594. The van der Waals surface area contributed by atoms with E-state index in [1.165, 1.54) is 0 Å². The predicted octanol–water partition coefficient (Wildman–Crippen LogP) is 2.50. The maximum absolute atomic E-state index is 6.05. The summed E-state index contributed by atoms with van der Waals surface area (Å²) in [6.45, 7) is 1.98. The molecule has 1 aliphatic heterocycles. The van der Waals surface area contributed by atoms with E-state index < -0.39 is 0 Å². The van der Waals surface area contributed by atoms with E-state index in [0.29, 0.717) is 5.84 Å². The molecule has 0 fully saturated rings. The Hall–Kier alpha value is -1.35. The molecule has 78 valence electrons. The number of hydrogen-bond acceptors (Lipinski definition) is 3. The Morgan fingerprint density at radius 1 is 1.27 bits per heavy atom. The van der Waals surface area contributed by atoms with Crippen LogP contribution in [0.15, 0.2) is 28.4 Å². The standard InChI is InChI=1S/C11H12ClN3/c1-7-2-3-8(6-9(7)12)10-4-5-11(13)15-14-10/h2-3,6H,4-5H2,1H3,(H2,13,15). The average Bonchev–Trinajstić information content (AvgIpc) is 2.23. The first kappa shape index (κ1) is 10.2. The van der Waals surface area contributed by atoms with Gasteiger partial charge in [-0.15, -0.1) is 5.10 Å². The van der Waals surface area contributed by atoms with Gasteiger partial charge in [-0.05, 0) is 30.5 Å². The van der Waals surface area contributed by atoms with Crippen molar-refractivity contribution in [3.63, 3.8) is 0 Å². The van der Waals surface area contributed by atoms with E-state index in [-0.39, 0.29) is 0 Å². The highest BCUT2D eigenvalue weighted by molar-refractivity contribution is 6.31. The molecule has 0 unspecified atom stereocenters. The fourth-order valence-corrected chi connectivity index (χ4v) is 1.63. The van der Waals surface area contributed by atoms with Crippen LogP contribution in [0.1, 0.15) is 24.0 Å². The van der Waals surface area contributed by atoms with Gasteiger partial charge in [-0.2, -0.15) is 5.10 Å². The lowest BCUT2D eigenvalue weighted by atomic mass is 10.0. The molecular formula is C11H12ClN3. The summed E-state index contributed by atoms with van der Waals surface area (Å²) in [5, 5.41) is 8.71. The van der Waals surface area contributed by atoms with Crippen molar-refractivity contribution in [2.45, 2.75) is 19.8 Å². The zero-order valence-electron chi connectivity index (χ0n) is 8.50. The quantitative estimate of drug-likeness (QED) is 0.778. The van der Waals surface area contributed by atoms with Gasteiger partial charge < -0.3 is 5.73 Å². The zero-order valence-corrected chi connectivity index (χ0v) is 9.25. The number of nitrogens with zero attached hydrogens (tertiary/aromatic N) is 2. The molecule has 1 aliphatic rings. The minimum absolute atomic E-state index is 0.594. The molecule has 1 aromatic carbocycles. The van der Waals surface area contributed by atoms with Gasteiger partial charge >= 0.3 is 0 Å². The highest BCUT2D eigenvalue weighted by Gasteiger charge is 2.10. The molecule has 0 radical (unpaired) electrons. The van der Waals surface area contributed by atoms with Crippen molar-refractivity contribution in [1.29, 1.82) is 0 Å². The number of halogens is 1. The number of amidine groups is 1. The van der Waals surface area contributed by atoms with E-state index in [0.717, 1.165) is 34.7 Å². The Morgan fingerprint density at radius 3 is 2.67 bits per heavy atom. The largest absolute Gasteiger partial charge is 0.386 e. The Kier molecular flexibility index (Phi) is 2.73. The fourth-order valence-electron chi connectivity index (χ4n) is 1.45. The van der Waals surface area contributed by atoms with Gasteiger partial charge in [-0.1, -0.05) is 23.7 Å². The van der Waals surface area contributed by atoms with Gasteiger partial charge in [0.1, 0.15) is 5.84 Å². The van der Waals surface area contributed by atoms with Gasteiger partial charge in [0.15, 0.2) is 0 Å². The van der Waals surface area contributed by atoms with Crippen LogP contribution < -0.4 is 5.73 Å². The zero-order chi connectivity index (χ0) is 10.8. The van der Waals surface area contributed by atoms with Crippen LogP contribution in [0.25, 0.3) is 0 Å². The van der Waals surface area contributed by atoms with E-state index in [1.807, 2.05) is 25.1 Å². The lowest BCUT2D eigenvalue weighted by Gasteiger charge is -2.10. The van der Waals surface area contributed by atoms with Gasteiger partial charge in [-0.3, -0.25) is 0 Å². The summed E-state index contributed by atoms with van der Waals surface area (Å²) in [5.74, 6) is 0.594. The van der Waals surface area contributed by atoms with Crippen LogP contribution >= 0.6 is 11.6 Å². The Morgan fingerprint density at radius 2 is 2.07 bits per heavy atom. The van der Waals surface area contributed by atoms with E-state index in [1.54, 1.807) is 0 Å². The van der Waals surface area contributed by atoms with Crippen LogP contribution in [0.5, 0.6) is 0 Å². The highest BCUT2D eigenvalue weighted by Crippen LogP contribution is 2.19. The number of aryl methyl sites for hydroxylation is 1. The third-order valence-corrected chi connectivity index (χ3v) is 2.83. The first-order valence-corrected chi connectivity index (χ1v) is 5.20. The molecule has 0 amide bonds. The van der Waals surface area contributed by atoms with Crippen molar-refractivity contribution in [2.75, 3.05) is 0 Å². The molecule has 0 aliphatic carbocycles. The molecule has 1 aromatic rings. The second-order valence-corrected chi connectivity index (χ2v) is 4.01.